The third-order valence-corrected chi connectivity index (χ3v) is 7.33. The van der Waals surface area contributed by atoms with Gasteiger partial charge < -0.3 is 14.4 Å². The van der Waals surface area contributed by atoms with E-state index < -0.39 is 0 Å². The van der Waals surface area contributed by atoms with Gasteiger partial charge >= 0.3 is 0 Å². The Morgan fingerprint density at radius 3 is 2.48 bits per heavy atom. The second kappa shape index (κ2) is 10.8. The average molecular weight is 505 g/mol. The third-order valence-electron chi connectivity index (χ3n) is 5.63. The fourth-order valence-corrected chi connectivity index (χ4v) is 4.96. The highest BCUT2D eigenvalue weighted by Gasteiger charge is 2.23. The SMILES string of the molecule is COc1cc(C)ccc1OCc1csc(C(=O)N2CCN(Cc3ccc(Cl)c(Cl)c3)CC2)c1. The van der Waals surface area contributed by atoms with Crippen molar-refractivity contribution < 1.29 is 14.3 Å². The maximum atomic E-state index is 13.0. The molecule has 1 aliphatic heterocycles. The van der Waals surface area contributed by atoms with E-state index in [1.807, 2.05) is 59.7 Å². The van der Waals surface area contributed by atoms with E-state index in [1.54, 1.807) is 7.11 Å². The second-order valence-corrected chi connectivity index (χ2v) is 9.80. The Morgan fingerprint density at radius 1 is 0.970 bits per heavy atom. The lowest BCUT2D eigenvalue weighted by molar-refractivity contribution is 0.0633. The molecule has 0 aliphatic carbocycles. The van der Waals surface area contributed by atoms with Crippen LogP contribution in [0.15, 0.2) is 47.8 Å². The minimum atomic E-state index is 0.0772. The molecule has 0 atom stereocenters. The molecule has 8 heteroatoms. The first-order valence-corrected chi connectivity index (χ1v) is 12.4. The number of hydrogen-bond acceptors (Lipinski definition) is 5. The number of halogens is 2. The van der Waals surface area contributed by atoms with Gasteiger partial charge in [0.2, 0.25) is 0 Å². The summed E-state index contributed by atoms with van der Waals surface area (Å²) in [5, 5.41) is 3.12. The molecule has 4 rings (SSSR count). The van der Waals surface area contributed by atoms with Gasteiger partial charge in [-0.05, 0) is 53.8 Å². The largest absolute Gasteiger partial charge is 0.493 e. The fourth-order valence-electron chi connectivity index (χ4n) is 3.78. The van der Waals surface area contributed by atoms with Gasteiger partial charge in [-0.3, -0.25) is 9.69 Å². The lowest BCUT2D eigenvalue weighted by Gasteiger charge is -2.34. The summed E-state index contributed by atoms with van der Waals surface area (Å²) < 4.78 is 11.3. The molecule has 3 aromatic rings. The molecular weight excluding hydrogens is 479 g/mol. The van der Waals surface area contributed by atoms with E-state index in [0.717, 1.165) is 41.2 Å². The molecule has 1 fully saturated rings. The van der Waals surface area contributed by atoms with Crippen molar-refractivity contribution in [2.24, 2.45) is 0 Å². The van der Waals surface area contributed by atoms with Crippen molar-refractivity contribution in [1.82, 2.24) is 9.80 Å². The van der Waals surface area contributed by atoms with Crippen LogP contribution in [0.1, 0.15) is 26.4 Å². The number of rotatable bonds is 7. The molecule has 1 saturated heterocycles. The highest BCUT2D eigenvalue weighted by Crippen LogP contribution is 2.29. The number of aryl methyl sites for hydroxylation is 1. The van der Waals surface area contributed by atoms with Gasteiger partial charge in [0.25, 0.3) is 5.91 Å². The maximum absolute atomic E-state index is 13.0. The number of amides is 1. The molecule has 0 bridgehead atoms. The van der Waals surface area contributed by atoms with E-state index in [4.69, 9.17) is 32.7 Å². The van der Waals surface area contributed by atoms with Crippen molar-refractivity contribution in [3.8, 4) is 11.5 Å². The first-order valence-electron chi connectivity index (χ1n) is 10.7. The topological polar surface area (TPSA) is 42.0 Å². The van der Waals surface area contributed by atoms with E-state index in [9.17, 15) is 4.79 Å². The fraction of sp³-hybridized carbons (Fsp3) is 0.320. The summed E-state index contributed by atoms with van der Waals surface area (Å²) >= 11 is 13.6. The molecule has 33 heavy (non-hydrogen) atoms. The number of carbonyl (C=O) groups excluding carboxylic acids is 1. The predicted molar refractivity (Wildman–Crippen MR) is 134 cm³/mol. The van der Waals surface area contributed by atoms with Crippen LogP contribution in [0.2, 0.25) is 10.0 Å². The number of methoxy groups -OCH3 is 1. The first-order chi connectivity index (χ1) is 15.9. The molecule has 1 aliphatic rings. The summed E-state index contributed by atoms with van der Waals surface area (Å²) in [5.41, 5.74) is 3.21. The lowest BCUT2D eigenvalue weighted by Crippen LogP contribution is -2.48. The van der Waals surface area contributed by atoms with Crippen molar-refractivity contribution in [1.29, 1.82) is 0 Å². The van der Waals surface area contributed by atoms with Crippen LogP contribution in [0.25, 0.3) is 0 Å². The summed E-state index contributed by atoms with van der Waals surface area (Å²) in [6, 6.07) is 13.5. The van der Waals surface area contributed by atoms with Crippen LogP contribution in [0.5, 0.6) is 11.5 Å². The normalized spacial score (nSPS) is 14.4. The van der Waals surface area contributed by atoms with E-state index in [0.29, 0.717) is 41.2 Å². The van der Waals surface area contributed by atoms with Crippen molar-refractivity contribution >= 4 is 40.4 Å². The van der Waals surface area contributed by atoms with Gasteiger partial charge in [-0.1, -0.05) is 35.3 Å². The van der Waals surface area contributed by atoms with Gasteiger partial charge in [0, 0.05) is 38.3 Å². The molecule has 1 aromatic heterocycles. The highest BCUT2D eigenvalue weighted by atomic mass is 35.5. The van der Waals surface area contributed by atoms with Crippen molar-refractivity contribution in [3.63, 3.8) is 0 Å². The maximum Gasteiger partial charge on any atom is 0.264 e. The van der Waals surface area contributed by atoms with E-state index in [-0.39, 0.29) is 5.91 Å². The zero-order valence-corrected chi connectivity index (χ0v) is 21.0. The standard InChI is InChI=1S/C25H26Cl2N2O3S/c1-17-3-6-22(23(11-17)31-2)32-15-19-13-24(33-16-19)25(30)29-9-7-28(8-10-29)14-18-4-5-20(26)21(27)12-18/h3-6,11-13,16H,7-10,14-15H2,1-2H3. The molecule has 2 aromatic carbocycles. The van der Waals surface area contributed by atoms with E-state index in [2.05, 4.69) is 4.90 Å². The van der Waals surface area contributed by atoms with Gasteiger partial charge in [0.05, 0.1) is 22.0 Å². The molecular formula is C25H26Cl2N2O3S. The number of carbonyl (C=O) groups is 1. The highest BCUT2D eigenvalue weighted by molar-refractivity contribution is 7.12. The number of ether oxygens (including phenoxy) is 2. The molecule has 0 saturated carbocycles. The predicted octanol–water partition coefficient (Wildman–Crippen LogP) is 5.91. The first kappa shape index (κ1) is 23.9. The Bertz CT molecular complexity index is 1130. The van der Waals surface area contributed by atoms with Crippen LogP contribution in [0, 0.1) is 6.92 Å². The monoisotopic (exact) mass is 504 g/mol. The zero-order valence-electron chi connectivity index (χ0n) is 18.6. The number of benzene rings is 2. The van der Waals surface area contributed by atoms with Crippen LogP contribution in [-0.2, 0) is 13.2 Å². The molecule has 5 nitrogen and oxygen atoms in total. The third kappa shape index (κ3) is 6.01. The van der Waals surface area contributed by atoms with Crippen LogP contribution >= 0.6 is 34.5 Å². The summed E-state index contributed by atoms with van der Waals surface area (Å²) in [4.78, 5) is 18.0. The van der Waals surface area contributed by atoms with Crippen molar-refractivity contribution in [2.45, 2.75) is 20.1 Å². The van der Waals surface area contributed by atoms with Crippen LogP contribution in [0.4, 0.5) is 0 Å². The summed E-state index contributed by atoms with van der Waals surface area (Å²) in [6.45, 7) is 6.23. The molecule has 2 heterocycles. The Balaban J connectivity index is 1.29. The number of thiophene rings is 1. The van der Waals surface area contributed by atoms with Gasteiger partial charge in [0.1, 0.15) is 6.61 Å². The summed E-state index contributed by atoms with van der Waals surface area (Å²) in [7, 11) is 1.63. The number of hydrogen-bond donors (Lipinski definition) is 0. The van der Waals surface area contributed by atoms with Gasteiger partial charge in [-0.25, -0.2) is 0 Å². The Kier molecular flexibility index (Phi) is 7.81. The van der Waals surface area contributed by atoms with E-state index in [1.165, 1.54) is 11.3 Å². The van der Waals surface area contributed by atoms with Gasteiger partial charge in [-0.2, -0.15) is 0 Å². The molecule has 0 N–H and O–H groups in total. The van der Waals surface area contributed by atoms with Crippen LogP contribution < -0.4 is 9.47 Å². The zero-order chi connectivity index (χ0) is 23.4. The van der Waals surface area contributed by atoms with E-state index >= 15 is 0 Å². The smallest absolute Gasteiger partial charge is 0.264 e. The number of nitrogens with zero attached hydrogens (tertiary/aromatic N) is 2. The Hall–Kier alpha value is -2.25. The molecule has 1 amide bonds. The minimum Gasteiger partial charge on any atom is -0.493 e. The summed E-state index contributed by atoms with van der Waals surface area (Å²) in [5.74, 6) is 1.48. The average Bonchev–Trinajstić information content (AvgIpc) is 3.29. The quantitative estimate of drug-likeness (QED) is 0.401. The van der Waals surface area contributed by atoms with Crippen LogP contribution in [-0.4, -0.2) is 49.0 Å². The molecule has 174 valence electrons. The summed E-state index contributed by atoms with van der Waals surface area (Å²) in [6.07, 6.45) is 0. The lowest BCUT2D eigenvalue weighted by atomic mass is 10.2. The Labute approximate surface area is 208 Å². The molecule has 0 radical (unpaired) electrons. The molecule has 0 spiro atoms. The van der Waals surface area contributed by atoms with Gasteiger partial charge in [0.15, 0.2) is 11.5 Å². The van der Waals surface area contributed by atoms with Crippen molar-refractivity contribution in [3.05, 3.63) is 79.5 Å². The molecule has 0 unspecified atom stereocenters. The van der Waals surface area contributed by atoms with Crippen molar-refractivity contribution in [2.75, 3.05) is 33.3 Å². The second-order valence-electron chi connectivity index (χ2n) is 8.08. The number of piperazine rings is 1. The Morgan fingerprint density at radius 2 is 1.76 bits per heavy atom. The van der Waals surface area contributed by atoms with Crippen LogP contribution in [0.3, 0.4) is 0 Å². The minimum absolute atomic E-state index is 0.0772. The van der Waals surface area contributed by atoms with Gasteiger partial charge in [-0.15, -0.1) is 11.3 Å².